The number of nitrogens with zero attached hydrogens (tertiary/aromatic N) is 4. The van der Waals surface area contributed by atoms with E-state index in [1.54, 1.807) is 16.3 Å². The van der Waals surface area contributed by atoms with Gasteiger partial charge in [0.1, 0.15) is 0 Å². The summed E-state index contributed by atoms with van der Waals surface area (Å²) in [6, 6.07) is 2.02. The quantitative estimate of drug-likeness (QED) is 0.627. The first-order valence-corrected chi connectivity index (χ1v) is 8.66. The van der Waals surface area contributed by atoms with Gasteiger partial charge in [0, 0.05) is 17.1 Å². The maximum absolute atomic E-state index is 5.92. The van der Waals surface area contributed by atoms with Gasteiger partial charge in [-0.15, -0.1) is 5.10 Å². The van der Waals surface area contributed by atoms with E-state index in [1.165, 1.54) is 32.1 Å². The number of rotatable bonds is 5. The van der Waals surface area contributed by atoms with Crippen molar-refractivity contribution in [3.05, 3.63) is 17.5 Å². The number of thioether (sulfide) groups is 1. The van der Waals surface area contributed by atoms with E-state index in [2.05, 4.69) is 15.1 Å². The number of hydrogen-bond acceptors (Lipinski definition) is 5. The number of ether oxygens (including phenoxy) is 1. The van der Waals surface area contributed by atoms with Gasteiger partial charge in [-0.1, -0.05) is 31.0 Å². The van der Waals surface area contributed by atoms with Gasteiger partial charge < -0.3 is 4.74 Å². The molecule has 0 aliphatic heterocycles. The Bertz CT molecular complexity index is 607. The van der Waals surface area contributed by atoms with Crippen LogP contribution in [0.4, 0.5) is 0 Å². The van der Waals surface area contributed by atoms with Gasteiger partial charge in [-0.05, 0) is 32.8 Å². The highest BCUT2D eigenvalue weighted by atomic mass is 32.2. The lowest BCUT2D eigenvalue weighted by atomic mass is 9.98. The van der Waals surface area contributed by atoms with E-state index in [9.17, 15) is 0 Å². The molecule has 0 amide bonds. The van der Waals surface area contributed by atoms with Crippen LogP contribution in [0.5, 0.6) is 0 Å². The summed E-state index contributed by atoms with van der Waals surface area (Å²) in [5.74, 6) is 1.58. The second kappa shape index (κ2) is 6.75. The molecule has 2 heterocycles. The maximum atomic E-state index is 5.92. The lowest BCUT2D eigenvalue weighted by Gasteiger charge is -2.21. The van der Waals surface area contributed by atoms with Gasteiger partial charge in [-0.3, -0.25) is 0 Å². The predicted molar refractivity (Wildman–Crippen MR) is 83.8 cm³/mol. The van der Waals surface area contributed by atoms with Crippen molar-refractivity contribution in [2.24, 2.45) is 0 Å². The minimum absolute atomic E-state index is 0.472. The summed E-state index contributed by atoms with van der Waals surface area (Å²) in [5.41, 5.74) is 2.04. The van der Waals surface area contributed by atoms with Gasteiger partial charge in [0.2, 0.25) is 5.16 Å². The highest BCUT2D eigenvalue weighted by Gasteiger charge is 2.13. The number of hydrogen-bond donors (Lipinski definition) is 0. The highest BCUT2D eigenvalue weighted by Crippen LogP contribution is 2.21. The monoisotopic (exact) mass is 306 g/mol. The molecular formula is C15H22N4OS. The molecule has 0 radical (unpaired) electrons. The van der Waals surface area contributed by atoms with E-state index >= 15 is 0 Å². The Hall–Kier alpha value is -1.14. The maximum Gasteiger partial charge on any atom is 0.253 e. The summed E-state index contributed by atoms with van der Waals surface area (Å²) in [5, 5.41) is 5.27. The molecule has 1 fully saturated rings. The van der Waals surface area contributed by atoms with E-state index < -0.39 is 0 Å². The fourth-order valence-corrected chi connectivity index (χ4v) is 3.44. The zero-order valence-electron chi connectivity index (χ0n) is 12.7. The molecule has 0 saturated heterocycles. The van der Waals surface area contributed by atoms with Crippen molar-refractivity contribution in [2.45, 2.75) is 57.2 Å². The van der Waals surface area contributed by atoms with Crippen LogP contribution in [-0.4, -0.2) is 38.0 Å². The van der Waals surface area contributed by atoms with Gasteiger partial charge in [0.05, 0.1) is 12.7 Å². The molecule has 0 N–H and O–H groups in total. The Labute approximate surface area is 129 Å². The second-order valence-corrected chi connectivity index (χ2v) is 6.69. The molecule has 2 aromatic heterocycles. The fraction of sp³-hybridized carbons (Fsp3) is 0.667. The van der Waals surface area contributed by atoms with E-state index in [1.807, 2.05) is 19.9 Å². The largest absolute Gasteiger partial charge is 0.377 e. The molecule has 5 nitrogen and oxygen atoms in total. The van der Waals surface area contributed by atoms with Crippen molar-refractivity contribution in [1.29, 1.82) is 0 Å². The zero-order chi connectivity index (χ0) is 14.7. The molecule has 21 heavy (non-hydrogen) atoms. The first-order valence-electron chi connectivity index (χ1n) is 7.68. The third-order valence-electron chi connectivity index (χ3n) is 3.82. The van der Waals surface area contributed by atoms with Crippen LogP contribution in [0.2, 0.25) is 0 Å². The lowest BCUT2D eigenvalue weighted by Crippen LogP contribution is -2.17. The Kier molecular flexibility index (Phi) is 4.75. The molecule has 2 aromatic rings. The van der Waals surface area contributed by atoms with Crippen LogP contribution in [0.3, 0.4) is 0 Å². The van der Waals surface area contributed by atoms with Crippen molar-refractivity contribution in [3.8, 4) is 0 Å². The van der Waals surface area contributed by atoms with Gasteiger partial charge in [-0.25, -0.2) is 9.50 Å². The van der Waals surface area contributed by atoms with Crippen molar-refractivity contribution in [3.63, 3.8) is 0 Å². The van der Waals surface area contributed by atoms with E-state index in [0.29, 0.717) is 11.9 Å². The number of aryl methyl sites for hydroxylation is 2. The number of fused-ring (bicyclic) bond motifs is 1. The summed E-state index contributed by atoms with van der Waals surface area (Å²) >= 11 is 1.64. The van der Waals surface area contributed by atoms with Crippen molar-refractivity contribution >= 4 is 17.5 Å². The van der Waals surface area contributed by atoms with Crippen LogP contribution >= 0.6 is 11.8 Å². The molecule has 3 rings (SSSR count). The minimum Gasteiger partial charge on any atom is -0.377 e. The minimum atomic E-state index is 0.472. The van der Waals surface area contributed by atoms with Crippen molar-refractivity contribution < 1.29 is 4.74 Å². The first kappa shape index (κ1) is 14.8. The van der Waals surface area contributed by atoms with Crippen LogP contribution < -0.4 is 0 Å². The van der Waals surface area contributed by atoms with E-state index in [4.69, 9.17) is 4.74 Å². The van der Waals surface area contributed by atoms with E-state index in [-0.39, 0.29) is 0 Å². The highest BCUT2D eigenvalue weighted by molar-refractivity contribution is 7.99. The standard InChI is InChI=1S/C15H22N4OS/c1-11-10-12(2)19-14(16-11)17-15(18-19)21-9-8-20-13-6-4-3-5-7-13/h10,13H,3-9H2,1-2H3. The molecule has 1 aliphatic rings. The molecule has 0 bridgehead atoms. The summed E-state index contributed by atoms with van der Waals surface area (Å²) in [7, 11) is 0. The summed E-state index contributed by atoms with van der Waals surface area (Å²) in [4.78, 5) is 8.87. The average molecular weight is 306 g/mol. The van der Waals surface area contributed by atoms with Crippen LogP contribution in [-0.2, 0) is 4.74 Å². The molecule has 114 valence electrons. The topological polar surface area (TPSA) is 52.3 Å². The summed E-state index contributed by atoms with van der Waals surface area (Å²) in [6.07, 6.45) is 6.91. The normalized spacial score (nSPS) is 16.7. The molecular weight excluding hydrogens is 284 g/mol. The van der Waals surface area contributed by atoms with Crippen LogP contribution in [0.15, 0.2) is 11.2 Å². The summed E-state index contributed by atoms with van der Waals surface area (Å²) < 4.78 is 7.73. The Morgan fingerprint density at radius 2 is 2.05 bits per heavy atom. The number of aromatic nitrogens is 4. The second-order valence-electron chi connectivity index (χ2n) is 5.62. The fourth-order valence-electron chi connectivity index (χ4n) is 2.79. The zero-order valence-corrected chi connectivity index (χ0v) is 13.5. The third-order valence-corrected chi connectivity index (χ3v) is 4.62. The molecule has 0 atom stereocenters. The average Bonchev–Trinajstić information content (AvgIpc) is 2.88. The summed E-state index contributed by atoms with van der Waals surface area (Å²) in [6.45, 7) is 4.78. The predicted octanol–water partition coefficient (Wildman–Crippen LogP) is 3.18. The van der Waals surface area contributed by atoms with Crippen molar-refractivity contribution in [2.75, 3.05) is 12.4 Å². The van der Waals surface area contributed by atoms with Gasteiger partial charge >= 0.3 is 0 Å². The molecule has 0 unspecified atom stereocenters. The van der Waals surface area contributed by atoms with Gasteiger partial charge in [0.25, 0.3) is 5.78 Å². The van der Waals surface area contributed by atoms with Gasteiger partial charge in [-0.2, -0.15) is 4.98 Å². The molecule has 0 spiro atoms. The Morgan fingerprint density at radius 3 is 2.86 bits per heavy atom. The van der Waals surface area contributed by atoms with Crippen LogP contribution in [0, 0.1) is 13.8 Å². The van der Waals surface area contributed by atoms with Crippen LogP contribution in [0.25, 0.3) is 5.78 Å². The molecule has 6 heteroatoms. The third kappa shape index (κ3) is 3.74. The van der Waals surface area contributed by atoms with E-state index in [0.717, 1.165) is 28.9 Å². The van der Waals surface area contributed by atoms with Gasteiger partial charge in [0.15, 0.2) is 0 Å². The smallest absolute Gasteiger partial charge is 0.253 e. The molecule has 1 saturated carbocycles. The van der Waals surface area contributed by atoms with Crippen molar-refractivity contribution in [1.82, 2.24) is 19.6 Å². The molecule has 0 aromatic carbocycles. The Balaban J connectivity index is 1.52. The first-order chi connectivity index (χ1) is 10.2. The SMILES string of the molecule is Cc1cc(C)n2nc(SCCOC3CCCCC3)nc2n1. The lowest BCUT2D eigenvalue weighted by molar-refractivity contribution is 0.0385. The molecule has 1 aliphatic carbocycles. The van der Waals surface area contributed by atoms with Crippen LogP contribution in [0.1, 0.15) is 43.5 Å². The Morgan fingerprint density at radius 1 is 1.24 bits per heavy atom.